The number of aryl methyl sites for hydroxylation is 2. The quantitative estimate of drug-likeness (QED) is 0.694. The Balaban J connectivity index is 2.64. The van der Waals surface area contributed by atoms with Crippen LogP contribution in [-0.2, 0) is 0 Å². The molecule has 0 bridgehead atoms. The van der Waals surface area contributed by atoms with E-state index in [4.69, 9.17) is 11.6 Å². The van der Waals surface area contributed by atoms with E-state index >= 15 is 0 Å². The van der Waals surface area contributed by atoms with Crippen LogP contribution in [-0.4, -0.2) is 9.97 Å². The summed E-state index contributed by atoms with van der Waals surface area (Å²) in [6.07, 6.45) is 0. The van der Waals surface area contributed by atoms with Crippen molar-refractivity contribution in [2.24, 2.45) is 0 Å². The van der Waals surface area contributed by atoms with Crippen molar-refractivity contribution in [1.29, 1.82) is 0 Å². The number of rotatable bonds is 1. The third kappa shape index (κ3) is 1.65. The van der Waals surface area contributed by atoms with Crippen LogP contribution in [0.25, 0.3) is 10.4 Å². The summed E-state index contributed by atoms with van der Waals surface area (Å²) in [5, 5.41) is 2.56. The molecule has 0 aliphatic rings. The van der Waals surface area contributed by atoms with Gasteiger partial charge in [0.2, 0.25) is 0 Å². The zero-order valence-electron chi connectivity index (χ0n) is 7.91. The van der Waals surface area contributed by atoms with Gasteiger partial charge in [-0.1, -0.05) is 17.7 Å². The molecule has 0 spiro atoms. The van der Waals surface area contributed by atoms with Crippen molar-refractivity contribution in [1.82, 2.24) is 9.97 Å². The number of thiophene rings is 1. The highest BCUT2D eigenvalue weighted by atomic mass is 35.5. The Morgan fingerprint density at radius 1 is 1.29 bits per heavy atom. The van der Waals surface area contributed by atoms with Crippen LogP contribution in [0.4, 0.5) is 0 Å². The van der Waals surface area contributed by atoms with E-state index < -0.39 is 0 Å². The fraction of sp³-hybridized carbons (Fsp3) is 0.200. The molecule has 0 atom stereocenters. The molecule has 0 aromatic carbocycles. The van der Waals surface area contributed by atoms with E-state index in [0.717, 1.165) is 16.1 Å². The topological polar surface area (TPSA) is 25.8 Å². The monoisotopic (exact) mass is 224 g/mol. The van der Waals surface area contributed by atoms with Gasteiger partial charge < -0.3 is 0 Å². The molecule has 0 N–H and O–H groups in total. The summed E-state index contributed by atoms with van der Waals surface area (Å²) in [6, 6.07) is 4.02. The van der Waals surface area contributed by atoms with Crippen LogP contribution in [0.3, 0.4) is 0 Å². The second kappa shape index (κ2) is 3.67. The Kier molecular flexibility index (Phi) is 2.52. The highest BCUT2D eigenvalue weighted by Crippen LogP contribution is 2.31. The summed E-state index contributed by atoms with van der Waals surface area (Å²) in [4.78, 5) is 9.57. The Hall–Kier alpha value is -0.930. The van der Waals surface area contributed by atoms with E-state index in [-0.39, 0.29) is 0 Å². The molecule has 0 radical (unpaired) electrons. The molecule has 0 amide bonds. The van der Waals surface area contributed by atoms with Gasteiger partial charge in [-0.25, -0.2) is 9.97 Å². The predicted octanol–water partition coefficient (Wildman–Crippen LogP) is 3.48. The minimum atomic E-state index is 0.539. The maximum Gasteiger partial charge on any atom is 0.141 e. The summed E-state index contributed by atoms with van der Waals surface area (Å²) >= 11 is 7.73. The van der Waals surface area contributed by atoms with Gasteiger partial charge in [0.15, 0.2) is 0 Å². The van der Waals surface area contributed by atoms with Crippen molar-refractivity contribution >= 4 is 22.9 Å². The zero-order valence-corrected chi connectivity index (χ0v) is 9.49. The minimum Gasteiger partial charge on any atom is -0.238 e. The largest absolute Gasteiger partial charge is 0.238 e. The molecule has 0 fully saturated rings. The van der Waals surface area contributed by atoms with Crippen LogP contribution in [0.1, 0.15) is 11.5 Å². The van der Waals surface area contributed by atoms with Crippen LogP contribution >= 0.6 is 22.9 Å². The molecule has 14 heavy (non-hydrogen) atoms. The summed E-state index contributed by atoms with van der Waals surface area (Å²) in [6.45, 7) is 3.80. The van der Waals surface area contributed by atoms with E-state index in [1.807, 2.05) is 31.4 Å². The maximum absolute atomic E-state index is 6.08. The van der Waals surface area contributed by atoms with Crippen LogP contribution in [0.15, 0.2) is 17.5 Å². The lowest BCUT2D eigenvalue weighted by Crippen LogP contribution is -1.95. The van der Waals surface area contributed by atoms with Gasteiger partial charge in [-0.15, -0.1) is 11.3 Å². The standard InChI is InChI=1S/C10H9ClN2S/c1-6-9(8-4-3-5-14-8)10(11)13-7(2)12-6/h3-5H,1-2H3. The second-order valence-electron chi connectivity index (χ2n) is 3.00. The molecule has 4 heteroatoms. The molecule has 2 nitrogen and oxygen atoms in total. The van der Waals surface area contributed by atoms with Crippen molar-refractivity contribution in [3.8, 4) is 10.4 Å². The molecule has 0 unspecified atom stereocenters. The first-order valence-electron chi connectivity index (χ1n) is 4.23. The van der Waals surface area contributed by atoms with Crippen molar-refractivity contribution in [2.75, 3.05) is 0 Å². The van der Waals surface area contributed by atoms with Gasteiger partial charge in [0.1, 0.15) is 11.0 Å². The SMILES string of the molecule is Cc1nc(C)c(-c2cccs2)c(Cl)n1. The van der Waals surface area contributed by atoms with E-state index in [1.54, 1.807) is 11.3 Å². The van der Waals surface area contributed by atoms with Crippen molar-refractivity contribution in [2.45, 2.75) is 13.8 Å². The first-order valence-corrected chi connectivity index (χ1v) is 5.49. The third-order valence-corrected chi connectivity index (χ3v) is 3.09. The molecule has 0 aliphatic carbocycles. The van der Waals surface area contributed by atoms with Crippen molar-refractivity contribution < 1.29 is 0 Å². The smallest absolute Gasteiger partial charge is 0.141 e. The Bertz CT molecular complexity index is 428. The highest BCUT2D eigenvalue weighted by Gasteiger charge is 2.10. The van der Waals surface area contributed by atoms with Gasteiger partial charge in [-0.2, -0.15) is 0 Å². The average molecular weight is 225 g/mol. The van der Waals surface area contributed by atoms with Crippen LogP contribution < -0.4 is 0 Å². The Labute approximate surface area is 91.6 Å². The van der Waals surface area contributed by atoms with Crippen LogP contribution in [0.2, 0.25) is 5.15 Å². The van der Waals surface area contributed by atoms with E-state index in [1.165, 1.54) is 0 Å². The van der Waals surface area contributed by atoms with Gasteiger partial charge >= 0.3 is 0 Å². The minimum absolute atomic E-state index is 0.539. The zero-order chi connectivity index (χ0) is 10.1. The summed E-state index contributed by atoms with van der Waals surface area (Å²) in [5.41, 5.74) is 1.89. The van der Waals surface area contributed by atoms with E-state index in [0.29, 0.717) is 11.0 Å². The van der Waals surface area contributed by atoms with Gasteiger partial charge in [0.25, 0.3) is 0 Å². The van der Waals surface area contributed by atoms with Gasteiger partial charge in [-0.3, -0.25) is 0 Å². The van der Waals surface area contributed by atoms with Crippen molar-refractivity contribution in [3.63, 3.8) is 0 Å². The summed E-state index contributed by atoms with van der Waals surface area (Å²) in [7, 11) is 0. The lowest BCUT2D eigenvalue weighted by molar-refractivity contribution is 1.02. The maximum atomic E-state index is 6.08. The molecule has 0 saturated heterocycles. The third-order valence-electron chi connectivity index (χ3n) is 1.93. The average Bonchev–Trinajstić information content (AvgIpc) is 2.54. The molecular weight excluding hydrogens is 216 g/mol. The first-order chi connectivity index (χ1) is 6.68. The Morgan fingerprint density at radius 2 is 2.07 bits per heavy atom. The van der Waals surface area contributed by atoms with E-state index in [2.05, 4.69) is 9.97 Å². The normalized spacial score (nSPS) is 10.5. The number of hydrogen-bond donors (Lipinski definition) is 0. The number of hydrogen-bond acceptors (Lipinski definition) is 3. The number of aromatic nitrogens is 2. The predicted molar refractivity (Wildman–Crippen MR) is 59.8 cm³/mol. The van der Waals surface area contributed by atoms with Crippen LogP contribution in [0, 0.1) is 13.8 Å². The number of nitrogens with zero attached hydrogens (tertiary/aromatic N) is 2. The molecule has 2 rings (SSSR count). The lowest BCUT2D eigenvalue weighted by Gasteiger charge is -2.05. The number of halogens is 1. The molecule has 2 aromatic heterocycles. The molecule has 0 saturated carbocycles. The molecule has 72 valence electrons. The van der Waals surface area contributed by atoms with Gasteiger partial charge in [0, 0.05) is 4.88 Å². The van der Waals surface area contributed by atoms with Crippen LogP contribution in [0.5, 0.6) is 0 Å². The summed E-state index contributed by atoms with van der Waals surface area (Å²) < 4.78 is 0. The molecule has 2 heterocycles. The van der Waals surface area contributed by atoms with Gasteiger partial charge in [-0.05, 0) is 25.3 Å². The second-order valence-corrected chi connectivity index (χ2v) is 4.31. The molecular formula is C10H9ClN2S. The fourth-order valence-electron chi connectivity index (χ4n) is 1.37. The van der Waals surface area contributed by atoms with E-state index in [9.17, 15) is 0 Å². The lowest BCUT2D eigenvalue weighted by atomic mass is 10.2. The fourth-order valence-corrected chi connectivity index (χ4v) is 2.61. The first kappa shape index (κ1) is 9.62. The Morgan fingerprint density at radius 3 is 2.64 bits per heavy atom. The van der Waals surface area contributed by atoms with Gasteiger partial charge in [0.05, 0.1) is 11.3 Å². The summed E-state index contributed by atoms with van der Waals surface area (Å²) in [5.74, 6) is 0.716. The molecule has 0 aliphatic heterocycles. The van der Waals surface area contributed by atoms with Crippen molar-refractivity contribution in [3.05, 3.63) is 34.2 Å². The molecule has 2 aromatic rings. The highest BCUT2D eigenvalue weighted by molar-refractivity contribution is 7.13.